The molecule has 0 radical (unpaired) electrons. The van der Waals surface area contributed by atoms with E-state index >= 15 is 0 Å². The standard InChI is InChI=1S/C19H21ClN2O3S/c1-2-19(23)21-14-9-11-15(12-10-14)26(24,25)22-13-5-8-18(22)16-6-3-4-7-17(16)20/h3-4,6-7,9-12,18H,2,5,8,13H2,1H3,(H,21,23)/t18-/m1/s1. The Balaban J connectivity index is 1.87. The van der Waals surface area contributed by atoms with Gasteiger partial charge in [-0.1, -0.05) is 36.7 Å². The Hall–Kier alpha value is -1.89. The molecule has 0 saturated carbocycles. The van der Waals surface area contributed by atoms with Crippen molar-refractivity contribution in [1.29, 1.82) is 0 Å². The summed E-state index contributed by atoms with van der Waals surface area (Å²) in [5, 5.41) is 3.30. The number of nitrogens with zero attached hydrogens (tertiary/aromatic N) is 1. The van der Waals surface area contributed by atoms with Crippen molar-refractivity contribution in [2.45, 2.75) is 37.1 Å². The van der Waals surface area contributed by atoms with E-state index in [9.17, 15) is 13.2 Å². The third-order valence-corrected chi connectivity index (χ3v) is 6.80. The van der Waals surface area contributed by atoms with Crippen LogP contribution in [0.5, 0.6) is 0 Å². The smallest absolute Gasteiger partial charge is 0.243 e. The minimum absolute atomic E-state index is 0.112. The average Bonchev–Trinajstić information content (AvgIpc) is 3.13. The average molecular weight is 393 g/mol. The van der Waals surface area contributed by atoms with Crippen molar-refractivity contribution >= 4 is 33.2 Å². The molecule has 1 amide bonds. The van der Waals surface area contributed by atoms with Crippen LogP contribution in [-0.2, 0) is 14.8 Å². The van der Waals surface area contributed by atoms with Gasteiger partial charge in [0.15, 0.2) is 0 Å². The number of carbonyl (C=O) groups is 1. The normalized spacial score (nSPS) is 18.0. The van der Waals surface area contributed by atoms with Gasteiger partial charge in [0.05, 0.1) is 10.9 Å². The van der Waals surface area contributed by atoms with Gasteiger partial charge in [-0.05, 0) is 48.7 Å². The first-order chi connectivity index (χ1) is 12.4. The first-order valence-electron chi connectivity index (χ1n) is 8.59. The summed E-state index contributed by atoms with van der Waals surface area (Å²) in [7, 11) is -3.64. The molecule has 1 heterocycles. The number of carbonyl (C=O) groups excluding carboxylic acids is 1. The highest BCUT2D eigenvalue weighted by atomic mass is 35.5. The van der Waals surface area contributed by atoms with Gasteiger partial charge in [-0.25, -0.2) is 8.42 Å². The maximum absolute atomic E-state index is 13.1. The molecule has 0 aromatic heterocycles. The highest BCUT2D eigenvalue weighted by molar-refractivity contribution is 7.89. The number of nitrogens with one attached hydrogen (secondary N) is 1. The van der Waals surface area contributed by atoms with Crippen LogP contribution in [0.15, 0.2) is 53.4 Å². The Bertz CT molecular complexity index is 897. The Morgan fingerprint density at radius 1 is 1.19 bits per heavy atom. The van der Waals surface area contributed by atoms with E-state index in [0.717, 1.165) is 18.4 Å². The molecule has 3 rings (SSSR count). The molecule has 1 saturated heterocycles. The number of rotatable bonds is 5. The number of anilines is 1. The van der Waals surface area contributed by atoms with Gasteiger partial charge in [-0.15, -0.1) is 0 Å². The van der Waals surface area contributed by atoms with Gasteiger partial charge in [0.25, 0.3) is 0 Å². The first-order valence-corrected chi connectivity index (χ1v) is 10.4. The summed E-state index contributed by atoms with van der Waals surface area (Å²) in [6.07, 6.45) is 1.90. The zero-order valence-electron chi connectivity index (χ0n) is 14.5. The zero-order chi connectivity index (χ0) is 18.7. The van der Waals surface area contributed by atoms with Crippen molar-refractivity contribution in [3.8, 4) is 0 Å². The summed E-state index contributed by atoms with van der Waals surface area (Å²) in [5.74, 6) is -0.112. The van der Waals surface area contributed by atoms with Crippen molar-refractivity contribution in [2.24, 2.45) is 0 Å². The fourth-order valence-corrected chi connectivity index (χ4v) is 5.11. The summed E-state index contributed by atoms with van der Waals surface area (Å²) in [5.41, 5.74) is 1.42. The molecule has 1 fully saturated rings. The minimum atomic E-state index is -3.64. The monoisotopic (exact) mass is 392 g/mol. The second-order valence-electron chi connectivity index (χ2n) is 6.22. The lowest BCUT2D eigenvalue weighted by molar-refractivity contribution is -0.115. The molecule has 0 unspecified atom stereocenters. The highest BCUT2D eigenvalue weighted by Gasteiger charge is 2.36. The van der Waals surface area contributed by atoms with Gasteiger partial charge < -0.3 is 5.32 Å². The molecule has 138 valence electrons. The topological polar surface area (TPSA) is 66.5 Å². The molecule has 0 aliphatic carbocycles. The number of benzene rings is 2. The number of sulfonamides is 1. The highest BCUT2D eigenvalue weighted by Crippen LogP contribution is 2.39. The van der Waals surface area contributed by atoms with Gasteiger partial charge in [0, 0.05) is 23.7 Å². The Morgan fingerprint density at radius 3 is 2.54 bits per heavy atom. The summed E-state index contributed by atoms with van der Waals surface area (Å²) in [4.78, 5) is 11.7. The lowest BCUT2D eigenvalue weighted by Gasteiger charge is -2.25. The van der Waals surface area contributed by atoms with Crippen LogP contribution in [0.25, 0.3) is 0 Å². The SMILES string of the molecule is CCC(=O)Nc1ccc(S(=O)(=O)N2CCC[C@@H]2c2ccccc2Cl)cc1. The molecular weight excluding hydrogens is 372 g/mol. The molecular formula is C19H21ClN2O3S. The van der Waals surface area contributed by atoms with E-state index in [2.05, 4.69) is 5.32 Å². The quantitative estimate of drug-likeness (QED) is 0.828. The van der Waals surface area contributed by atoms with Crippen LogP contribution < -0.4 is 5.32 Å². The molecule has 26 heavy (non-hydrogen) atoms. The molecule has 1 aliphatic heterocycles. The van der Waals surface area contributed by atoms with E-state index in [4.69, 9.17) is 11.6 Å². The van der Waals surface area contributed by atoms with E-state index in [-0.39, 0.29) is 16.8 Å². The zero-order valence-corrected chi connectivity index (χ0v) is 16.1. The molecule has 2 aromatic carbocycles. The Morgan fingerprint density at radius 2 is 1.88 bits per heavy atom. The van der Waals surface area contributed by atoms with E-state index in [0.29, 0.717) is 23.7 Å². The Kier molecular flexibility index (Phi) is 5.65. The van der Waals surface area contributed by atoms with Crippen LogP contribution >= 0.6 is 11.6 Å². The first kappa shape index (κ1) is 18.9. The number of halogens is 1. The fraction of sp³-hybridized carbons (Fsp3) is 0.316. The molecule has 0 bridgehead atoms. The van der Waals surface area contributed by atoms with Gasteiger partial charge in [-0.2, -0.15) is 4.31 Å². The van der Waals surface area contributed by atoms with Crippen LogP contribution in [0.4, 0.5) is 5.69 Å². The van der Waals surface area contributed by atoms with Crippen molar-refractivity contribution < 1.29 is 13.2 Å². The van der Waals surface area contributed by atoms with Gasteiger partial charge >= 0.3 is 0 Å². The van der Waals surface area contributed by atoms with Gasteiger partial charge in [0.1, 0.15) is 0 Å². The third-order valence-electron chi connectivity index (χ3n) is 4.53. The molecule has 5 nitrogen and oxygen atoms in total. The molecule has 1 N–H and O–H groups in total. The van der Waals surface area contributed by atoms with E-state index in [1.54, 1.807) is 25.1 Å². The second kappa shape index (κ2) is 7.78. The van der Waals surface area contributed by atoms with E-state index in [1.165, 1.54) is 16.4 Å². The fourth-order valence-electron chi connectivity index (χ4n) is 3.18. The number of hydrogen-bond acceptors (Lipinski definition) is 3. The van der Waals surface area contributed by atoms with Crippen molar-refractivity contribution in [3.63, 3.8) is 0 Å². The lowest BCUT2D eigenvalue weighted by Crippen LogP contribution is -2.30. The summed E-state index contributed by atoms with van der Waals surface area (Å²) >= 11 is 6.29. The van der Waals surface area contributed by atoms with Gasteiger partial charge in [0.2, 0.25) is 15.9 Å². The Labute approximate surface area is 159 Å². The van der Waals surface area contributed by atoms with Crippen LogP contribution in [0.3, 0.4) is 0 Å². The predicted molar refractivity (Wildman–Crippen MR) is 103 cm³/mol. The van der Waals surface area contributed by atoms with Crippen LogP contribution in [-0.4, -0.2) is 25.2 Å². The molecule has 1 aliphatic rings. The van der Waals surface area contributed by atoms with Crippen LogP contribution in [0, 0.1) is 0 Å². The molecule has 1 atom stereocenters. The van der Waals surface area contributed by atoms with Crippen molar-refractivity contribution in [2.75, 3.05) is 11.9 Å². The van der Waals surface area contributed by atoms with Crippen molar-refractivity contribution in [1.82, 2.24) is 4.31 Å². The largest absolute Gasteiger partial charge is 0.326 e. The molecule has 0 spiro atoms. The van der Waals surface area contributed by atoms with Crippen LogP contribution in [0.2, 0.25) is 5.02 Å². The van der Waals surface area contributed by atoms with E-state index in [1.807, 2.05) is 18.2 Å². The van der Waals surface area contributed by atoms with Crippen molar-refractivity contribution in [3.05, 3.63) is 59.1 Å². The number of hydrogen-bond donors (Lipinski definition) is 1. The summed E-state index contributed by atoms with van der Waals surface area (Å²) in [6, 6.07) is 13.4. The maximum atomic E-state index is 13.1. The predicted octanol–water partition coefficient (Wildman–Crippen LogP) is 4.21. The van der Waals surface area contributed by atoms with Crippen LogP contribution in [0.1, 0.15) is 37.8 Å². The van der Waals surface area contributed by atoms with Gasteiger partial charge in [-0.3, -0.25) is 4.79 Å². The maximum Gasteiger partial charge on any atom is 0.243 e. The van der Waals surface area contributed by atoms with E-state index < -0.39 is 10.0 Å². The summed E-state index contributed by atoms with van der Waals surface area (Å²) in [6.45, 7) is 2.23. The second-order valence-corrected chi connectivity index (χ2v) is 8.52. The summed E-state index contributed by atoms with van der Waals surface area (Å²) < 4.78 is 27.8. The number of amides is 1. The minimum Gasteiger partial charge on any atom is -0.326 e. The third kappa shape index (κ3) is 3.77. The lowest BCUT2D eigenvalue weighted by atomic mass is 10.1. The molecule has 7 heteroatoms. The molecule has 2 aromatic rings.